The van der Waals surface area contributed by atoms with Crippen molar-refractivity contribution >= 4 is 54.4 Å². The molecule has 6 heteroatoms. The lowest BCUT2D eigenvalue weighted by Crippen LogP contribution is -1.93. The Morgan fingerprint density at radius 2 is 1.06 bits per heavy atom. The molecule has 2 aromatic heterocycles. The van der Waals surface area contributed by atoms with E-state index in [9.17, 15) is 0 Å². The largest absolute Gasteiger partial charge is 0.265 e. The van der Waals surface area contributed by atoms with Crippen LogP contribution < -0.4 is 0 Å². The second-order valence-corrected chi connectivity index (χ2v) is 6.70. The Bertz CT molecular complexity index is 491. The van der Waals surface area contributed by atoms with Crippen LogP contribution in [0.3, 0.4) is 0 Å². The zero-order valence-corrected chi connectivity index (χ0v) is 12.4. The number of hydrogen-bond donors (Lipinski definition) is 0. The summed E-state index contributed by atoms with van der Waals surface area (Å²) in [5.41, 5.74) is 1.99. The molecule has 0 radical (unpaired) electrons. The zero-order chi connectivity index (χ0) is 12.8. The summed E-state index contributed by atoms with van der Waals surface area (Å²) in [5.74, 6) is 0. The smallest absolute Gasteiger partial charge is 0.0890 e. The van der Waals surface area contributed by atoms with Gasteiger partial charge >= 0.3 is 0 Å². The summed E-state index contributed by atoms with van der Waals surface area (Å²) in [6.07, 6.45) is 6.92. The number of hydrogen-bond acceptors (Lipinski definition) is 6. The highest BCUT2D eigenvalue weighted by atomic mass is 33.1. The van der Waals surface area contributed by atoms with Gasteiger partial charge in [0.1, 0.15) is 0 Å². The average molecular weight is 308 g/mol. The Morgan fingerprint density at radius 1 is 0.722 bits per heavy atom. The van der Waals surface area contributed by atoms with Gasteiger partial charge in [0.2, 0.25) is 0 Å². The van der Waals surface area contributed by atoms with Crippen molar-refractivity contribution in [3.63, 3.8) is 0 Å². The quantitative estimate of drug-likeness (QED) is 0.616. The normalized spacial score (nSPS) is 10.0. The number of pyridine rings is 2. The molecule has 0 bridgehead atoms. The molecule has 90 valence electrons. The molecule has 18 heavy (non-hydrogen) atoms. The van der Waals surface area contributed by atoms with Crippen LogP contribution in [0.15, 0.2) is 49.1 Å². The second-order valence-electron chi connectivity index (χ2n) is 3.21. The summed E-state index contributed by atoms with van der Waals surface area (Å²) in [5, 5.41) is 0. The van der Waals surface area contributed by atoms with E-state index in [4.69, 9.17) is 24.4 Å². The average Bonchev–Trinajstić information content (AvgIpc) is 2.46. The Balaban J connectivity index is 1.93. The minimum absolute atomic E-state index is 0.804. The maximum absolute atomic E-state index is 5.33. The Morgan fingerprint density at radius 3 is 1.39 bits per heavy atom. The van der Waals surface area contributed by atoms with E-state index in [1.54, 1.807) is 24.8 Å². The monoisotopic (exact) mass is 308 g/mol. The molecular formula is C12H8N2S4. The summed E-state index contributed by atoms with van der Waals surface area (Å²) in [6, 6.07) is 7.58. The zero-order valence-electron chi connectivity index (χ0n) is 9.15. The lowest BCUT2D eigenvalue weighted by molar-refractivity contribution is 1.33. The fourth-order valence-corrected chi connectivity index (χ4v) is 3.68. The van der Waals surface area contributed by atoms with Crippen LogP contribution in [0, 0.1) is 0 Å². The standard InChI is InChI=1S/C12H8N2S4/c15-11(9-1-5-13-6-2-9)17-18-12(16)10-3-7-14-8-4-10/h1-8H. The van der Waals surface area contributed by atoms with Gasteiger partial charge < -0.3 is 0 Å². The molecule has 2 aromatic rings. The highest BCUT2D eigenvalue weighted by molar-refractivity contribution is 8.90. The van der Waals surface area contributed by atoms with Gasteiger partial charge in [-0.15, -0.1) is 0 Å². The van der Waals surface area contributed by atoms with Crippen molar-refractivity contribution < 1.29 is 0 Å². The van der Waals surface area contributed by atoms with Crippen LogP contribution in [-0.2, 0) is 0 Å². The van der Waals surface area contributed by atoms with E-state index >= 15 is 0 Å². The summed E-state index contributed by atoms with van der Waals surface area (Å²) in [4.78, 5) is 7.92. The topological polar surface area (TPSA) is 25.8 Å². The first-order valence-electron chi connectivity index (χ1n) is 5.00. The summed E-state index contributed by atoms with van der Waals surface area (Å²) < 4.78 is 1.61. The molecule has 0 aromatic carbocycles. The van der Waals surface area contributed by atoms with Gasteiger partial charge in [-0.2, -0.15) is 0 Å². The molecule has 2 rings (SSSR count). The molecule has 0 atom stereocenters. The molecule has 2 heterocycles. The van der Waals surface area contributed by atoms with Crippen molar-refractivity contribution in [1.82, 2.24) is 9.97 Å². The van der Waals surface area contributed by atoms with Crippen molar-refractivity contribution in [1.29, 1.82) is 0 Å². The van der Waals surface area contributed by atoms with Crippen molar-refractivity contribution in [2.24, 2.45) is 0 Å². The Hall–Kier alpha value is -0.820. The Kier molecular flexibility index (Phi) is 5.25. The number of nitrogens with zero attached hydrogens (tertiary/aromatic N) is 2. The minimum atomic E-state index is 0.804. The van der Waals surface area contributed by atoms with Gasteiger partial charge in [0, 0.05) is 35.9 Å². The maximum Gasteiger partial charge on any atom is 0.0890 e. The molecule has 0 aliphatic rings. The van der Waals surface area contributed by atoms with Crippen LogP contribution in [0.25, 0.3) is 0 Å². The van der Waals surface area contributed by atoms with E-state index in [0.717, 1.165) is 19.5 Å². The maximum atomic E-state index is 5.33. The van der Waals surface area contributed by atoms with Gasteiger partial charge in [-0.1, -0.05) is 24.4 Å². The van der Waals surface area contributed by atoms with Gasteiger partial charge in [-0.05, 0) is 45.9 Å². The molecule has 0 saturated heterocycles. The molecule has 0 N–H and O–H groups in total. The van der Waals surface area contributed by atoms with E-state index in [1.807, 2.05) is 24.3 Å². The van der Waals surface area contributed by atoms with E-state index in [1.165, 1.54) is 21.6 Å². The van der Waals surface area contributed by atoms with E-state index in [0.29, 0.717) is 0 Å². The molecule has 0 saturated carbocycles. The third-order valence-corrected chi connectivity index (χ3v) is 5.74. The summed E-state index contributed by atoms with van der Waals surface area (Å²) in [6.45, 7) is 0. The van der Waals surface area contributed by atoms with Gasteiger partial charge in [0.15, 0.2) is 0 Å². The van der Waals surface area contributed by atoms with Gasteiger partial charge in [0.25, 0.3) is 0 Å². The van der Waals surface area contributed by atoms with Crippen LogP contribution in [-0.4, -0.2) is 18.4 Å². The van der Waals surface area contributed by atoms with E-state index < -0.39 is 0 Å². The van der Waals surface area contributed by atoms with Gasteiger partial charge in [-0.25, -0.2) is 0 Å². The van der Waals surface area contributed by atoms with Gasteiger partial charge in [0.05, 0.1) is 8.39 Å². The molecule has 0 amide bonds. The number of aromatic nitrogens is 2. The predicted octanol–water partition coefficient (Wildman–Crippen LogP) is 3.91. The lowest BCUT2D eigenvalue weighted by Gasteiger charge is -2.04. The van der Waals surface area contributed by atoms with E-state index in [2.05, 4.69) is 9.97 Å². The molecule has 0 spiro atoms. The first-order chi connectivity index (χ1) is 8.77. The molecule has 0 unspecified atom stereocenters. The number of thiocarbonyl (C=S) groups is 2. The lowest BCUT2D eigenvalue weighted by atomic mass is 10.3. The Labute approximate surface area is 124 Å². The SMILES string of the molecule is S=C(SSC(=S)c1ccncc1)c1ccncc1. The highest BCUT2D eigenvalue weighted by Crippen LogP contribution is 2.30. The first-order valence-corrected chi connectivity index (χ1v) is 7.97. The van der Waals surface area contributed by atoms with Crippen LogP contribution in [0.2, 0.25) is 0 Å². The highest BCUT2D eigenvalue weighted by Gasteiger charge is 2.06. The molecule has 0 fully saturated rings. The van der Waals surface area contributed by atoms with Crippen LogP contribution in [0.4, 0.5) is 0 Å². The van der Waals surface area contributed by atoms with E-state index in [-0.39, 0.29) is 0 Å². The minimum Gasteiger partial charge on any atom is -0.265 e. The van der Waals surface area contributed by atoms with Gasteiger partial charge in [-0.3, -0.25) is 9.97 Å². The molecular weight excluding hydrogens is 300 g/mol. The fraction of sp³-hybridized carbons (Fsp3) is 0. The second kappa shape index (κ2) is 6.94. The van der Waals surface area contributed by atoms with Crippen molar-refractivity contribution in [3.8, 4) is 0 Å². The first kappa shape index (κ1) is 13.6. The molecule has 0 aliphatic heterocycles. The summed E-state index contributed by atoms with van der Waals surface area (Å²) >= 11 is 10.7. The third-order valence-electron chi connectivity index (χ3n) is 2.03. The molecule has 2 nitrogen and oxygen atoms in total. The summed E-state index contributed by atoms with van der Waals surface area (Å²) in [7, 11) is 2.98. The van der Waals surface area contributed by atoms with Crippen molar-refractivity contribution in [2.75, 3.05) is 0 Å². The third kappa shape index (κ3) is 3.84. The fourth-order valence-electron chi connectivity index (χ4n) is 1.15. The molecule has 0 aliphatic carbocycles. The predicted molar refractivity (Wildman–Crippen MR) is 87.1 cm³/mol. The van der Waals surface area contributed by atoms with Crippen LogP contribution >= 0.6 is 46.0 Å². The van der Waals surface area contributed by atoms with Crippen molar-refractivity contribution in [2.45, 2.75) is 0 Å². The number of rotatable bonds is 2. The van der Waals surface area contributed by atoms with Crippen LogP contribution in [0.1, 0.15) is 11.1 Å². The van der Waals surface area contributed by atoms with Crippen molar-refractivity contribution in [3.05, 3.63) is 60.2 Å². The van der Waals surface area contributed by atoms with Crippen LogP contribution in [0.5, 0.6) is 0 Å².